The molecule has 0 spiro atoms. The van der Waals surface area contributed by atoms with Gasteiger partial charge in [-0.05, 0) is 29.7 Å². The van der Waals surface area contributed by atoms with Crippen LogP contribution in [0.3, 0.4) is 0 Å². The van der Waals surface area contributed by atoms with Gasteiger partial charge in [-0.2, -0.15) is 10.5 Å². The Kier molecular flexibility index (Phi) is 8.40. The molecular formula is C23H23N3O4. The number of Topliss-reactive ketones (excluding diaryl/α,β-unsaturated/α-hetero) is 1. The molecule has 2 aromatic rings. The van der Waals surface area contributed by atoms with Crippen LogP contribution >= 0.6 is 0 Å². The monoisotopic (exact) mass is 405 g/mol. The fourth-order valence-electron chi connectivity index (χ4n) is 2.94. The summed E-state index contributed by atoms with van der Waals surface area (Å²) in [7, 11) is 3.03. The number of hydrogen-bond donors (Lipinski definition) is 1. The lowest BCUT2D eigenvalue weighted by Gasteiger charge is -2.12. The molecule has 0 heterocycles. The number of carbonyl (C=O) groups is 2. The first-order chi connectivity index (χ1) is 14.5. The predicted molar refractivity (Wildman–Crippen MR) is 111 cm³/mol. The maximum atomic E-state index is 12.5. The summed E-state index contributed by atoms with van der Waals surface area (Å²) in [5.74, 6) is -0.299. The third-order valence-electron chi connectivity index (χ3n) is 4.56. The van der Waals surface area contributed by atoms with Crippen LogP contribution in [-0.2, 0) is 16.0 Å². The van der Waals surface area contributed by atoms with Crippen molar-refractivity contribution in [3.8, 4) is 23.6 Å². The van der Waals surface area contributed by atoms with Gasteiger partial charge in [0.25, 0.3) is 0 Å². The van der Waals surface area contributed by atoms with Crippen molar-refractivity contribution in [1.82, 2.24) is 0 Å². The minimum Gasteiger partial charge on any atom is -0.497 e. The molecule has 0 aliphatic carbocycles. The van der Waals surface area contributed by atoms with Gasteiger partial charge in [-0.3, -0.25) is 9.59 Å². The van der Waals surface area contributed by atoms with Gasteiger partial charge in [0.1, 0.15) is 17.4 Å². The van der Waals surface area contributed by atoms with E-state index in [0.29, 0.717) is 29.2 Å². The van der Waals surface area contributed by atoms with Crippen molar-refractivity contribution in [2.24, 2.45) is 0 Å². The van der Waals surface area contributed by atoms with E-state index < -0.39 is 5.92 Å². The molecule has 0 unspecified atom stereocenters. The van der Waals surface area contributed by atoms with E-state index in [1.807, 2.05) is 6.07 Å². The molecule has 0 bridgehead atoms. The Labute approximate surface area is 175 Å². The quantitative estimate of drug-likeness (QED) is 0.644. The fourth-order valence-corrected chi connectivity index (χ4v) is 2.94. The third kappa shape index (κ3) is 6.08. The van der Waals surface area contributed by atoms with Gasteiger partial charge >= 0.3 is 0 Å². The average Bonchev–Trinajstić information content (AvgIpc) is 2.75. The van der Waals surface area contributed by atoms with Crippen molar-refractivity contribution in [3.63, 3.8) is 0 Å². The molecule has 30 heavy (non-hydrogen) atoms. The van der Waals surface area contributed by atoms with Crippen LogP contribution in [0.4, 0.5) is 5.69 Å². The highest BCUT2D eigenvalue weighted by molar-refractivity contribution is 5.93. The summed E-state index contributed by atoms with van der Waals surface area (Å²) in [6.07, 6.45) is 0.840. The Morgan fingerprint density at radius 2 is 1.77 bits per heavy atom. The number of rotatable bonds is 10. The van der Waals surface area contributed by atoms with E-state index in [0.717, 1.165) is 5.56 Å². The summed E-state index contributed by atoms with van der Waals surface area (Å²) in [4.78, 5) is 24.7. The number of hydrogen-bond acceptors (Lipinski definition) is 6. The first kappa shape index (κ1) is 22.4. The van der Waals surface area contributed by atoms with Crippen molar-refractivity contribution in [2.45, 2.75) is 31.6 Å². The summed E-state index contributed by atoms with van der Waals surface area (Å²) >= 11 is 0. The average molecular weight is 405 g/mol. The topological polar surface area (TPSA) is 112 Å². The first-order valence-corrected chi connectivity index (χ1v) is 9.42. The number of nitriles is 2. The second kappa shape index (κ2) is 11.2. The number of nitrogens with zero attached hydrogens (tertiary/aromatic N) is 2. The maximum absolute atomic E-state index is 12.5. The van der Waals surface area contributed by atoms with Gasteiger partial charge in [-0.1, -0.05) is 24.3 Å². The van der Waals surface area contributed by atoms with Crippen LogP contribution in [0.25, 0.3) is 0 Å². The largest absolute Gasteiger partial charge is 0.497 e. The molecule has 2 rings (SSSR count). The molecule has 7 heteroatoms. The molecule has 0 aromatic heterocycles. The van der Waals surface area contributed by atoms with Crippen molar-refractivity contribution in [3.05, 3.63) is 53.6 Å². The number of carbonyl (C=O) groups excluding carboxylic acids is 2. The van der Waals surface area contributed by atoms with E-state index in [1.54, 1.807) is 42.5 Å². The molecule has 154 valence electrons. The third-order valence-corrected chi connectivity index (χ3v) is 4.56. The van der Waals surface area contributed by atoms with Crippen LogP contribution in [0.5, 0.6) is 11.5 Å². The highest BCUT2D eigenvalue weighted by Crippen LogP contribution is 2.29. The van der Waals surface area contributed by atoms with Gasteiger partial charge in [0.2, 0.25) is 5.91 Å². The van der Waals surface area contributed by atoms with Gasteiger partial charge in [-0.15, -0.1) is 0 Å². The highest BCUT2D eigenvalue weighted by atomic mass is 16.5. The Morgan fingerprint density at radius 1 is 1.03 bits per heavy atom. The lowest BCUT2D eigenvalue weighted by Crippen LogP contribution is -2.15. The molecule has 7 nitrogen and oxygen atoms in total. The zero-order valence-corrected chi connectivity index (χ0v) is 17.0. The van der Waals surface area contributed by atoms with E-state index >= 15 is 0 Å². The molecule has 1 atom stereocenters. The Morgan fingerprint density at radius 3 is 2.37 bits per heavy atom. The van der Waals surface area contributed by atoms with E-state index in [4.69, 9.17) is 14.7 Å². The summed E-state index contributed by atoms with van der Waals surface area (Å²) in [6, 6.07) is 16.0. The van der Waals surface area contributed by atoms with Crippen LogP contribution in [0, 0.1) is 22.7 Å². The van der Waals surface area contributed by atoms with Gasteiger partial charge < -0.3 is 14.8 Å². The SMILES string of the molecule is COc1ccc(OC)c(NC(=O)CCCC(=O)[C@@H](C#N)c2ccc(CC#N)cc2)c1. The highest BCUT2D eigenvalue weighted by Gasteiger charge is 2.20. The van der Waals surface area contributed by atoms with Gasteiger partial charge in [0.05, 0.1) is 38.5 Å². The van der Waals surface area contributed by atoms with Crippen LogP contribution in [0.15, 0.2) is 42.5 Å². The Balaban J connectivity index is 1.90. The molecule has 0 saturated carbocycles. The van der Waals surface area contributed by atoms with Crippen LogP contribution in [0.2, 0.25) is 0 Å². The molecule has 0 saturated heterocycles. The maximum Gasteiger partial charge on any atom is 0.224 e. The lowest BCUT2D eigenvalue weighted by molar-refractivity contribution is -0.119. The second-order valence-corrected chi connectivity index (χ2v) is 6.57. The van der Waals surface area contributed by atoms with E-state index in [1.165, 1.54) is 14.2 Å². The number of ketones is 1. The van der Waals surface area contributed by atoms with Crippen LogP contribution < -0.4 is 14.8 Å². The fraction of sp³-hybridized carbons (Fsp3) is 0.304. The molecule has 0 fully saturated rings. The minimum atomic E-state index is -0.886. The van der Waals surface area contributed by atoms with Gasteiger partial charge in [0, 0.05) is 18.9 Å². The first-order valence-electron chi connectivity index (χ1n) is 9.42. The number of nitrogens with one attached hydrogen (secondary N) is 1. The molecule has 0 aliphatic heterocycles. The molecule has 0 radical (unpaired) electrons. The normalized spacial score (nSPS) is 10.9. The Bertz CT molecular complexity index is 971. The number of ether oxygens (including phenoxy) is 2. The van der Waals surface area contributed by atoms with Crippen LogP contribution in [0.1, 0.15) is 36.3 Å². The smallest absolute Gasteiger partial charge is 0.224 e. The standard InChI is InChI=1S/C23H23N3O4/c1-29-18-10-11-22(30-2)20(14-18)26-23(28)5-3-4-21(27)19(15-25)17-8-6-16(7-9-17)12-13-24/h6-11,14,19H,3-5,12H2,1-2H3,(H,26,28)/t19-/m0/s1. The van der Waals surface area contributed by atoms with Gasteiger partial charge in [-0.25, -0.2) is 0 Å². The minimum absolute atomic E-state index is 0.112. The van der Waals surface area contributed by atoms with E-state index in [-0.39, 0.29) is 31.0 Å². The number of methoxy groups -OCH3 is 2. The van der Waals surface area contributed by atoms with E-state index in [9.17, 15) is 14.9 Å². The predicted octanol–water partition coefficient (Wildman–Crippen LogP) is 3.76. The molecule has 0 aliphatic rings. The van der Waals surface area contributed by atoms with Gasteiger partial charge in [0.15, 0.2) is 5.78 Å². The summed E-state index contributed by atoms with van der Waals surface area (Å²) in [5.41, 5.74) is 1.91. The van der Waals surface area contributed by atoms with Crippen molar-refractivity contribution in [2.75, 3.05) is 19.5 Å². The van der Waals surface area contributed by atoms with Crippen molar-refractivity contribution >= 4 is 17.4 Å². The lowest BCUT2D eigenvalue weighted by atomic mass is 9.92. The molecule has 1 amide bonds. The molecule has 1 N–H and O–H groups in total. The number of benzene rings is 2. The zero-order chi connectivity index (χ0) is 21.9. The second-order valence-electron chi connectivity index (χ2n) is 6.57. The molecular weight excluding hydrogens is 382 g/mol. The number of amides is 1. The van der Waals surface area contributed by atoms with E-state index in [2.05, 4.69) is 11.4 Å². The number of anilines is 1. The summed E-state index contributed by atoms with van der Waals surface area (Å²) in [6.45, 7) is 0. The summed E-state index contributed by atoms with van der Waals surface area (Å²) in [5, 5.41) is 20.9. The molecule has 2 aromatic carbocycles. The zero-order valence-electron chi connectivity index (χ0n) is 17.0. The Hall–Kier alpha value is -3.84. The van der Waals surface area contributed by atoms with Crippen LogP contribution in [-0.4, -0.2) is 25.9 Å². The summed E-state index contributed by atoms with van der Waals surface area (Å²) < 4.78 is 10.4. The van der Waals surface area contributed by atoms with Crippen molar-refractivity contribution in [1.29, 1.82) is 10.5 Å². The van der Waals surface area contributed by atoms with Crippen molar-refractivity contribution < 1.29 is 19.1 Å².